The van der Waals surface area contributed by atoms with Crippen LogP contribution in [0.4, 0.5) is 0 Å². The van der Waals surface area contributed by atoms with E-state index in [-0.39, 0.29) is 12.5 Å². The Labute approximate surface area is 134 Å². The molecule has 1 aromatic carbocycles. The maximum absolute atomic E-state index is 12.5. The summed E-state index contributed by atoms with van der Waals surface area (Å²) in [5.74, 6) is -1.56. The SMILES string of the molecule is Cn1cc(CCC(=O)N2Cc3ccccc3[C@H](C(=O)O)C2)cn1. The van der Waals surface area contributed by atoms with Crippen molar-refractivity contribution < 1.29 is 14.7 Å². The lowest BCUT2D eigenvalue weighted by molar-refractivity contribution is -0.141. The fraction of sp³-hybridized carbons (Fsp3) is 0.353. The number of fused-ring (bicyclic) bond motifs is 1. The van der Waals surface area contributed by atoms with Crippen molar-refractivity contribution in [3.8, 4) is 0 Å². The fourth-order valence-electron chi connectivity index (χ4n) is 3.02. The number of rotatable bonds is 4. The van der Waals surface area contributed by atoms with Crippen molar-refractivity contribution in [1.29, 1.82) is 0 Å². The van der Waals surface area contributed by atoms with Crippen LogP contribution < -0.4 is 0 Å². The van der Waals surface area contributed by atoms with Gasteiger partial charge in [0.2, 0.25) is 5.91 Å². The van der Waals surface area contributed by atoms with Crippen molar-refractivity contribution in [2.45, 2.75) is 25.3 Å². The van der Waals surface area contributed by atoms with Crippen molar-refractivity contribution in [3.63, 3.8) is 0 Å². The molecule has 6 heteroatoms. The number of aliphatic carboxylic acids is 1. The predicted octanol–water partition coefficient (Wildman–Crippen LogP) is 1.56. The van der Waals surface area contributed by atoms with Gasteiger partial charge < -0.3 is 10.0 Å². The quantitative estimate of drug-likeness (QED) is 0.929. The van der Waals surface area contributed by atoms with Gasteiger partial charge in [-0.15, -0.1) is 0 Å². The summed E-state index contributed by atoms with van der Waals surface area (Å²) in [4.78, 5) is 25.6. The summed E-state index contributed by atoms with van der Waals surface area (Å²) in [5, 5.41) is 13.5. The van der Waals surface area contributed by atoms with Gasteiger partial charge in [-0.05, 0) is 23.1 Å². The van der Waals surface area contributed by atoms with E-state index in [9.17, 15) is 14.7 Å². The molecule has 0 radical (unpaired) electrons. The molecule has 23 heavy (non-hydrogen) atoms. The first kappa shape index (κ1) is 15.3. The highest BCUT2D eigenvalue weighted by molar-refractivity contribution is 5.81. The molecule has 1 aliphatic heterocycles. The standard InChI is InChI=1S/C17H19N3O3/c1-19-9-12(8-18-19)6-7-16(21)20-10-13-4-2-3-5-14(13)15(11-20)17(22)23/h2-5,8-9,15H,6-7,10-11H2,1H3,(H,22,23)/t15-/m1/s1. The Morgan fingerprint density at radius 2 is 2.13 bits per heavy atom. The summed E-state index contributed by atoms with van der Waals surface area (Å²) in [5.41, 5.74) is 2.74. The van der Waals surface area contributed by atoms with Gasteiger partial charge in [0, 0.05) is 32.8 Å². The van der Waals surface area contributed by atoms with E-state index in [0.29, 0.717) is 19.4 Å². The predicted molar refractivity (Wildman–Crippen MR) is 83.8 cm³/mol. The van der Waals surface area contributed by atoms with Gasteiger partial charge in [0.05, 0.1) is 12.1 Å². The molecule has 2 heterocycles. The first-order valence-electron chi connectivity index (χ1n) is 7.60. The van der Waals surface area contributed by atoms with Crippen LogP contribution in [0.1, 0.15) is 29.0 Å². The molecule has 1 N–H and O–H groups in total. The number of aromatic nitrogens is 2. The van der Waals surface area contributed by atoms with Crippen LogP contribution in [-0.4, -0.2) is 38.2 Å². The normalized spacial score (nSPS) is 16.9. The van der Waals surface area contributed by atoms with Crippen LogP contribution in [0.15, 0.2) is 36.7 Å². The van der Waals surface area contributed by atoms with Gasteiger partial charge in [-0.3, -0.25) is 14.3 Å². The second kappa shape index (κ2) is 6.24. The fourth-order valence-corrected chi connectivity index (χ4v) is 3.02. The molecular formula is C17H19N3O3. The molecule has 0 fully saturated rings. The summed E-state index contributed by atoms with van der Waals surface area (Å²) in [6.45, 7) is 0.712. The number of nitrogens with zero attached hydrogens (tertiary/aromatic N) is 3. The first-order chi connectivity index (χ1) is 11.0. The number of carbonyl (C=O) groups is 2. The van der Waals surface area contributed by atoms with Crippen LogP contribution >= 0.6 is 0 Å². The molecule has 0 saturated carbocycles. The molecule has 1 amide bonds. The van der Waals surface area contributed by atoms with Crippen LogP contribution in [0.25, 0.3) is 0 Å². The molecule has 0 saturated heterocycles. The first-order valence-corrected chi connectivity index (χ1v) is 7.60. The summed E-state index contributed by atoms with van der Waals surface area (Å²) in [6.07, 6.45) is 4.61. The molecule has 2 aromatic rings. The zero-order valence-electron chi connectivity index (χ0n) is 13.0. The third kappa shape index (κ3) is 3.26. The maximum Gasteiger partial charge on any atom is 0.312 e. The maximum atomic E-state index is 12.5. The molecule has 1 aromatic heterocycles. The molecule has 3 rings (SSSR count). The number of benzene rings is 1. The van der Waals surface area contributed by atoms with Crippen molar-refractivity contribution in [2.24, 2.45) is 7.05 Å². The molecular weight excluding hydrogens is 294 g/mol. The highest BCUT2D eigenvalue weighted by Gasteiger charge is 2.32. The zero-order chi connectivity index (χ0) is 16.4. The Bertz CT molecular complexity index is 738. The Hall–Kier alpha value is -2.63. The highest BCUT2D eigenvalue weighted by Crippen LogP contribution is 2.28. The van der Waals surface area contributed by atoms with Crippen molar-refractivity contribution in [3.05, 3.63) is 53.3 Å². The van der Waals surface area contributed by atoms with E-state index < -0.39 is 11.9 Å². The lowest BCUT2D eigenvalue weighted by Crippen LogP contribution is -2.40. The monoisotopic (exact) mass is 313 g/mol. The summed E-state index contributed by atoms with van der Waals surface area (Å²) in [6, 6.07) is 7.45. The summed E-state index contributed by atoms with van der Waals surface area (Å²) < 4.78 is 1.71. The Morgan fingerprint density at radius 3 is 2.83 bits per heavy atom. The average Bonchev–Trinajstić information content (AvgIpc) is 2.96. The molecule has 1 aliphatic rings. The van der Waals surface area contributed by atoms with Crippen LogP contribution in [0, 0.1) is 0 Å². The van der Waals surface area contributed by atoms with Crippen molar-refractivity contribution in [2.75, 3.05) is 6.54 Å². The largest absolute Gasteiger partial charge is 0.481 e. The third-order valence-electron chi connectivity index (χ3n) is 4.23. The Morgan fingerprint density at radius 1 is 1.35 bits per heavy atom. The van der Waals surface area contributed by atoms with E-state index in [1.165, 1.54) is 0 Å². The number of hydrogen-bond acceptors (Lipinski definition) is 3. The minimum Gasteiger partial charge on any atom is -0.481 e. The van der Waals surface area contributed by atoms with E-state index in [4.69, 9.17) is 0 Å². The lowest BCUT2D eigenvalue weighted by atomic mass is 9.89. The van der Waals surface area contributed by atoms with E-state index in [2.05, 4.69) is 5.10 Å². The number of carboxylic acid groups (broad SMARTS) is 1. The Kier molecular flexibility index (Phi) is 4.14. The molecule has 0 aliphatic carbocycles. The van der Waals surface area contributed by atoms with Crippen LogP contribution in [0.3, 0.4) is 0 Å². The molecule has 6 nitrogen and oxygen atoms in total. The lowest BCUT2D eigenvalue weighted by Gasteiger charge is -2.32. The smallest absolute Gasteiger partial charge is 0.312 e. The second-order valence-corrected chi connectivity index (χ2v) is 5.89. The molecule has 120 valence electrons. The van der Waals surface area contributed by atoms with E-state index in [1.54, 1.807) is 15.8 Å². The second-order valence-electron chi connectivity index (χ2n) is 5.89. The zero-order valence-corrected chi connectivity index (χ0v) is 13.0. The van der Waals surface area contributed by atoms with E-state index in [0.717, 1.165) is 16.7 Å². The van der Waals surface area contributed by atoms with Crippen LogP contribution in [-0.2, 0) is 29.6 Å². The molecule has 0 bridgehead atoms. The minimum absolute atomic E-state index is 0.0189. The summed E-state index contributed by atoms with van der Waals surface area (Å²) in [7, 11) is 1.84. The van der Waals surface area contributed by atoms with E-state index in [1.807, 2.05) is 37.5 Å². The summed E-state index contributed by atoms with van der Waals surface area (Å²) >= 11 is 0. The number of hydrogen-bond donors (Lipinski definition) is 1. The van der Waals surface area contributed by atoms with Crippen molar-refractivity contribution >= 4 is 11.9 Å². The van der Waals surface area contributed by atoms with Gasteiger partial charge in [-0.25, -0.2) is 0 Å². The number of amides is 1. The van der Waals surface area contributed by atoms with Crippen LogP contribution in [0.2, 0.25) is 0 Å². The number of aryl methyl sites for hydroxylation is 2. The molecule has 0 spiro atoms. The van der Waals surface area contributed by atoms with Gasteiger partial charge in [0.25, 0.3) is 0 Å². The highest BCUT2D eigenvalue weighted by atomic mass is 16.4. The number of carboxylic acids is 1. The topological polar surface area (TPSA) is 75.4 Å². The third-order valence-corrected chi connectivity index (χ3v) is 4.23. The van der Waals surface area contributed by atoms with Crippen molar-refractivity contribution in [1.82, 2.24) is 14.7 Å². The van der Waals surface area contributed by atoms with Crippen LogP contribution in [0.5, 0.6) is 0 Å². The number of carbonyl (C=O) groups excluding carboxylic acids is 1. The van der Waals surface area contributed by atoms with Gasteiger partial charge in [-0.1, -0.05) is 24.3 Å². The van der Waals surface area contributed by atoms with E-state index >= 15 is 0 Å². The molecule has 1 atom stereocenters. The minimum atomic E-state index is -0.887. The van der Waals surface area contributed by atoms with Gasteiger partial charge >= 0.3 is 5.97 Å². The molecule has 0 unspecified atom stereocenters. The van der Waals surface area contributed by atoms with Gasteiger partial charge in [0.1, 0.15) is 0 Å². The Balaban J connectivity index is 1.71. The van der Waals surface area contributed by atoms with Gasteiger partial charge in [0.15, 0.2) is 0 Å². The average molecular weight is 313 g/mol. The van der Waals surface area contributed by atoms with Gasteiger partial charge in [-0.2, -0.15) is 5.10 Å².